The number of nitrogens with one attached hydrogen (secondary N) is 9. The molecule has 0 radical (unpaired) electrons. The Labute approximate surface area is 349 Å². The van der Waals surface area contributed by atoms with E-state index in [4.69, 9.17) is 10.8 Å². The summed E-state index contributed by atoms with van der Waals surface area (Å²) in [6.07, 6.45) is 3.30. The number of carbonyl (C=O) groups is 8. The number of hydrogen-bond donors (Lipinski definition) is 11. The summed E-state index contributed by atoms with van der Waals surface area (Å²) in [5.74, 6) is -5.11. The van der Waals surface area contributed by atoms with Crippen molar-refractivity contribution in [2.75, 3.05) is 45.8 Å². The maximum atomic E-state index is 13.4. The molecule has 20 nitrogen and oxygen atoms in total. The van der Waals surface area contributed by atoms with Crippen LogP contribution in [0.4, 0.5) is 0 Å². The van der Waals surface area contributed by atoms with Gasteiger partial charge in [0, 0.05) is 42.5 Å². The highest BCUT2D eigenvalue weighted by molar-refractivity contribution is 5.93. The fraction of sp³-hybridized carbons (Fsp3) is 0.500. The molecule has 0 bridgehead atoms. The number of carboxylic acid groups (broad SMARTS) is 1. The number of primary amides is 1. The van der Waals surface area contributed by atoms with E-state index in [2.05, 4.69) is 67.6 Å². The van der Waals surface area contributed by atoms with Gasteiger partial charge < -0.3 is 63.6 Å². The van der Waals surface area contributed by atoms with E-state index in [1.807, 2.05) is 0 Å². The summed E-state index contributed by atoms with van der Waals surface area (Å²) in [7, 11) is 0. The van der Waals surface area contributed by atoms with Gasteiger partial charge >= 0.3 is 5.97 Å². The second-order valence-corrected chi connectivity index (χ2v) is 14.6. The Balaban J connectivity index is 1.50. The van der Waals surface area contributed by atoms with E-state index < -0.39 is 78.0 Å². The van der Waals surface area contributed by atoms with Crippen molar-refractivity contribution in [1.29, 1.82) is 0 Å². The molecule has 12 N–H and O–H groups in total. The molecule has 0 aromatic heterocycles. The van der Waals surface area contributed by atoms with Crippen LogP contribution in [0.1, 0.15) is 51.0 Å². The third-order valence-electron chi connectivity index (χ3n) is 9.85. The van der Waals surface area contributed by atoms with Crippen molar-refractivity contribution in [3.8, 4) is 0 Å². The summed E-state index contributed by atoms with van der Waals surface area (Å²) in [5.41, 5.74) is 7.37. The van der Waals surface area contributed by atoms with Gasteiger partial charge in [-0.25, -0.2) is 0 Å². The molecular formula is C40H59N11O9. The lowest BCUT2D eigenvalue weighted by Gasteiger charge is -2.27. The van der Waals surface area contributed by atoms with Crippen LogP contribution in [0.15, 0.2) is 67.2 Å². The number of likely N-dealkylation sites (tertiary alicyclic amines) is 1. The zero-order chi connectivity index (χ0) is 44.2. The van der Waals surface area contributed by atoms with Crippen LogP contribution in [0.5, 0.6) is 0 Å². The predicted molar refractivity (Wildman–Crippen MR) is 221 cm³/mol. The largest absolute Gasteiger partial charge is 0.480 e. The highest BCUT2D eigenvalue weighted by Gasteiger charge is 2.31. The quantitative estimate of drug-likeness (QED) is 0.0455. The van der Waals surface area contributed by atoms with Crippen LogP contribution in [0.3, 0.4) is 0 Å². The Morgan fingerprint density at radius 3 is 2.03 bits per heavy atom. The number of rotatable bonds is 26. The lowest BCUT2D eigenvalue weighted by atomic mass is 10.1. The summed E-state index contributed by atoms with van der Waals surface area (Å²) >= 11 is 0. The lowest BCUT2D eigenvalue weighted by molar-refractivity contribution is -0.136. The molecule has 2 saturated heterocycles. The van der Waals surface area contributed by atoms with Crippen molar-refractivity contribution in [2.24, 2.45) is 5.73 Å². The van der Waals surface area contributed by atoms with E-state index in [1.54, 1.807) is 30.3 Å². The second kappa shape index (κ2) is 24.5. The Morgan fingerprint density at radius 1 is 0.767 bits per heavy atom. The van der Waals surface area contributed by atoms with Gasteiger partial charge in [-0.1, -0.05) is 50.1 Å². The minimum atomic E-state index is -1.13. The van der Waals surface area contributed by atoms with Crippen molar-refractivity contribution < 1.29 is 43.5 Å². The Hall–Kier alpha value is -6.44. The van der Waals surface area contributed by atoms with Gasteiger partial charge in [-0.3, -0.25) is 38.4 Å². The maximum Gasteiger partial charge on any atom is 0.322 e. The molecule has 1 aromatic rings. The van der Waals surface area contributed by atoms with E-state index in [0.717, 1.165) is 24.9 Å². The topological polar surface area (TPSA) is 294 Å². The Bertz CT molecular complexity index is 1750. The second-order valence-electron chi connectivity index (χ2n) is 14.6. The third kappa shape index (κ3) is 16.8. The number of nitrogens with zero attached hydrogens (tertiary/aromatic N) is 1. The standard InChI is InChI=1S/C40H59N11O9/c1-24(29-12-8-16-42-29)43-19-35(54)49-30(14-15-33(41)52)25(2)44-20-36(55)50-31(18-28-10-6-5-7-11-28)40(60)46-21-34(53)48-27(4)39(59)47-22-37(56)51-17-9-13-32(51)26(3)45-23-38(57)58/h5-7,10-11,27,29-32,42-45H,1-3,8-9,12-23H2,4H3,(H2,41,52)(H,46,60)(H,47,59)(H,48,53)(H,49,54)(H,50,55)(H,57,58). The van der Waals surface area contributed by atoms with Gasteiger partial charge in [0.2, 0.25) is 41.4 Å². The molecule has 328 valence electrons. The van der Waals surface area contributed by atoms with Gasteiger partial charge in [0.15, 0.2) is 0 Å². The van der Waals surface area contributed by atoms with Crippen LogP contribution in [0.2, 0.25) is 0 Å². The Kier molecular flexibility index (Phi) is 19.6. The molecule has 2 aliphatic rings. The van der Waals surface area contributed by atoms with Gasteiger partial charge in [0.1, 0.15) is 18.6 Å². The highest BCUT2D eigenvalue weighted by Crippen LogP contribution is 2.21. The van der Waals surface area contributed by atoms with Crippen LogP contribution in [-0.4, -0.2) is 133 Å². The molecule has 5 atom stereocenters. The van der Waals surface area contributed by atoms with Crippen molar-refractivity contribution in [3.05, 3.63) is 72.7 Å². The molecule has 1 aromatic carbocycles. The summed E-state index contributed by atoms with van der Waals surface area (Å²) in [6.45, 7) is 12.8. The summed E-state index contributed by atoms with van der Waals surface area (Å²) in [5, 5.41) is 33.6. The van der Waals surface area contributed by atoms with Gasteiger partial charge in [-0.15, -0.1) is 0 Å². The SMILES string of the molecule is C=C(NCC(=O)NC(CCC(N)=O)C(=C)NCC(=O)NC(Cc1ccccc1)C(=O)NCC(=O)NC(C)C(=O)NCC(=O)N1CCCC1C(=C)NCC(=O)O)C1CCCN1. The number of aliphatic carboxylic acids is 1. The molecule has 2 heterocycles. The predicted octanol–water partition coefficient (Wildman–Crippen LogP) is -2.66. The minimum Gasteiger partial charge on any atom is -0.480 e. The van der Waals surface area contributed by atoms with Crippen LogP contribution >= 0.6 is 0 Å². The zero-order valence-corrected chi connectivity index (χ0v) is 34.0. The molecule has 20 heteroatoms. The van der Waals surface area contributed by atoms with Crippen LogP contribution in [0.25, 0.3) is 0 Å². The molecule has 5 unspecified atom stereocenters. The molecule has 0 aliphatic carbocycles. The summed E-state index contributed by atoms with van der Waals surface area (Å²) in [6, 6.07) is 5.53. The average molecular weight is 838 g/mol. The normalized spacial score (nSPS) is 17.1. The van der Waals surface area contributed by atoms with E-state index in [9.17, 15) is 38.4 Å². The van der Waals surface area contributed by atoms with Gasteiger partial charge in [0.25, 0.3) is 0 Å². The molecule has 2 aliphatic heterocycles. The number of amides is 7. The first kappa shape index (κ1) is 47.9. The lowest BCUT2D eigenvalue weighted by Crippen LogP contribution is -2.53. The van der Waals surface area contributed by atoms with Gasteiger partial charge in [-0.2, -0.15) is 0 Å². The van der Waals surface area contributed by atoms with Crippen LogP contribution in [-0.2, 0) is 44.8 Å². The van der Waals surface area contributed by atoms with Crippen molar-refractivity contribution in [2.45, 2.75) is 82.1 Å². The number of hydrogen-bond acceptors (Lipinski definition) is 12. The number of benzene rings is 1. The third-order valence-corrected chi connectivity index (χ3v) is 9.85. The van der Waals surface area contributed by atoms with E-state index >= 15 is 0 Å². The summed E-state index contributed by atoms with van der Waals surface area (Å²) < 4.78 is 0. The molecule has 2 fully saturated rings. The molecule has 60 heavy (non-hydrogen) atoms. The molecular weight excluding hydrogens is 779 g/mol. The van der Waals surface area contributed by atoms with Crippen molar-refractivity contribution in [3.63, 3.8) is 0 Å². The van der Waals surface area contributed by atoms with E-state index in [0.29, 0.717) is 30.8 Å². The fourth-order valence-electron chi connectivity index (χ4n) is 6.59. The van der Waals surface area contributed by atoms with Crippen molar-refractivity contribution in [1.82, 2.24) is 52.8 Å². The van der Waals surface area contributed by atoms with Gasteiger partial charge in [-0.05, 0) is 51.1 Å². The monoisotopic (exact) mass is 837 g/mol. The minimum absolute atomic E-state index is 0.0627. The number of nitrogens with two attached hydrogens (primary N) is 1. The van der Waals surface area contributed by atoms with Crippen LogP contribution in [0, 0.1) is 0 Å². The molecule has 0 spiro atoms. The average Bonchev–Trinajstić information content (AvgIpc) is 3.95. The molecule has 7 amide bonds. The molecule has 3 rings (SSSR count). The van der Waals surface area contributed by atoms with Gasteiger partial charge in [0.05, 0.1) is 38.3 Å². The zero-order valence-electron chi connectivity index (χ0n) is 34.0. The van der Waals surface area contributed by atoms with Crippen molar-refractivity contribution >= 4 is 47.3 Å². The number of carboxylic acids is 1. The smallest absolute Gasteiger partial charge is 0.322 e. The first-order valence-electron chi connectivity index (χ1n) is 19.8. The first-order chi connectivity index (χ1) is 28.5. The number of carbonyl (C=O) groups excluding carboxylic acids is 7. The maximum absolute atomic E-state index is 13.4. The highest BCUT2D eigenvalue weighted by atomic mass is 16.4. The van der Waals surface area contributed by atoms with E-state index in [-0.39, 0.29) is 57.2 Å². The van der Waals surface area contributed by atoms with Crippen LogP contribution < -0.4 is 53.6 Å². The molecule has 0 saturated carbocycles. The fourth-order valence-corrected chi connectivity index (χ4v) is 6.59. The summed E-state index contributed by atoms with van der Waals surface area (Å²) in [4.78, 5) is 102. The van der Waals surface area contributed by atoms with E-state index in [1.165, 1.54) is 11.8 Å². The Morgan fingerprint density at radius 2 is 1.38 bits per heavy atom. The first-order valence-corrected chi connectivity index (χ1v) is 19.8.